The van der Waals surface area contributed by atoms with Gasteiger partial charge >= 0.3 is 10.2 Å². The van der Waals surface area contributed by atoms with Gasteiger partial charge in [0.05, 0.1) is 0 Å². The van der Waals surface area contributed by atoms with Gasteiger partial charge in [0.25, 0.3) is 0 Å². The average molecular weight is 426 g/mol. The third kappa shape index (κ3) is 3.54. The first-order chi connectivity index (χ1) is 14.5. The summed E-state index contributed by atoms with van der Waals surface area (Å²) in [6.45, 7) is 0. The second-order valence-electron chi connectivity index (χ2n) is 7.94. The van der Waals surface area contributed by atoms with Crippen LogP contribution < -0.4 is 9.62 Å². The van der Waals surface area contributed by atoms with E-state index < -0.39 is 10.2 Å². The lowest BCUT2D eigenvalue weighted by atomic mass is 10.0. The minimum atomic E-state index is -3.55. The number of pyridine rings is 1. The molecule has 2 aliphatic carbocycles. The topological polar surface area (TPSA) is 98.4 Å². The fourth-order valence-electron chi connectivity index (χ4n) is 3.65. The van der Waals surface area contributed by atoms with E-state index in [1.165, 1.54) is 4.31 Å². The summed E-state index contributed by atoms with van der Waals surface area (Å²) < 4.78 is 29.0. The molecule has 0 spiro atoms. The predicted molar refractivity (Wildman–Crippen MR) is 116 cm³/mol. The van der Waals surface area contributed by atoms with Gasteiger partial charge in [-0.1, -0.05) is 12.1 Å². The SMILES string of the molecule is CN(C1CC1)S(=O)(=O)Nc1ccc(-c2cc(N(C=O)C3CC3)nc3[nH]ccc23)cc1. The highest BCUT2D eigenvalue weighted by Crippen LogP contribution is 2.35. The molecule has 1 aromatic carbocycles. The molecule has 2 heterocycles. The van der Waals surface area contributed by atoms with Crippen molar-refractivity contribution in [2.75, 3.05) is 16.7 Å². The smallest absolute Gasteiger partial charge is 0.301 e. The first-order valence-corrected chi connectivity index (χ1v) is 11.5. The van der Waals surface area contributed by atoms with Gasteiger partial charge in [-0.05, 0) is 61.1 Å². The molecule has 1 amide bonds. The molecule has 2 aliphatic rings. The van der Waals surface area contributed by atoms with Gasteiger partial charge in [0.15, 0.2) is 0 Å². The maximum Gasteiger partial charge on any atom is 0.301 e. The molecule has 2 N–H and O–H groups in total. The molecule has 8 nitrogen and oxygen atoms in total. The van der Waals surface area contributed by atoms with Crippen molar-refractivity contribution in [3.8, 4) is 11.1 Å². The van der Waals surface area contributed by atoms with Gasteiger partial charge in [-0.25, -0.2) is 4.98 Å². The van der Waals surface area contributed by atoms with E-state index in [1.54, 1.807) is 24.1 Å². The first-order valence-electron chi connectivity index (χ1n) is 10.0. The zero-order chi connectivity index (χ0) is 20.9. The molecule has 0 bridgehead atoms. The van der Waals surface area contributed by atoms with Crippen LogP contribution in [0.3, 0.4) is 0 Å². The Bertz CT molecular complexity index is 1200. The van der Waals surface area contributed by atoms with Gasteiger partial charge in [-0.2, -0.15) is 12.7 Å². The summed E-state index contributed by atoms with van der Waals surface area (Å²) in [7, 11) is -1.95. The Morgan fingerprint density at radius 1 is 1.10 bits per heavy atom. The van der Waals surface area contributed by atoms with Crippen molar-refractivity contribution in [2.45, 2.75) is 37.8 Å². The van der Waals surface area contributed by atoms with E-state index in [2.05, 4.69) is 14.7 Å². The van der Waals surface area contributed by atoms with Crippen molar-refractivity contribution in [3.63, 3.8) is 0 Å². The van der Waals surface area contributed by atoms with Crippen LogP contribution in [0.1, 0.15) is 25.7 Å². The summed E-state index contributed by atoms with van der Waals surface area (Å²) in [6.07, 6.45) is 6.46. The van der Waals surface area contributed by atoms with Gasteiger partial charge < -0.3 is 4.98 Å². The molecule has 3 aromatic rings. The minimum absolute atomic E-state index is 0.103. The highest BCUT2D eigenvalue weighted by Gasteiger charge is 2.34. The Balaban J connectivity index is 1.46. The first kappa shape index (κ1) is 19.1. The maximum absolute atomic E-state index is 12.5. The van der Waals surface area contributed by atoms with Crippen molar-refractivity contribution in [1.29, 1.82) is 0 Å². The van der Waals surface area contributed by atoms with Gasteiger partial charge in [0, 0.05) is 36.4 Å². The molecule has 2 fully saturated rings. The molecular formula is C21H23N5O3S. The molecule has 0 atom stereocenters. The normalized spacial score (nSPS) is 16.7. The molecule has 0 radical (unpaired) electrons. The molecule has 30 heavy (non-hydrogen) atoms. The van der Waals surface area contributed by atoms with E-state index in [1.807, 2.05) is 30.5 Å². The number of carbonyl (C=O) groups excluding carboxylic acids is 1. The second kappa shape index (κ2) is 7.10. The van der Waals surface area contributed by atoms with Crippen molar-refractivity contribution in [2.24, 2.45) is 0 Å². The fraction of sp³-hybridized carbons (Fsp3) is 0.333. The number of anilines is 2. The number of fused-ring (bicyclic) bond motifs is 1. The monoisotopic (exact) mass is 425 g/mol. The molecule has 2 saturated carbocycles. The number of amides is 1. The fourth-order valence-corrected chi connectivity index (χ4v) is 4.83. The van der Waals surface area contributed by atoms with Crippen LogP contribution >= 0.6 is 0 Å². The van der Waals surface area contributed by atoms with Crippen molar-refractivity contribution < 1.29 is 13.2 Å². The van der Waals surface area contributed by atoms with Crippen LogP contribution in [-0.2, 0) is 15.0 Å². The number of aromatic amines is 1. The van der Waals surface area contributed by atoms with Crippen LogP contribution in [0.2, 0.25) is 0 Å². The van der Waals surface area contributed by atoms with Crippen molar-refractivity contribution >= 4 is 39.2 Å². The number of benzene rings is 1. The molecule has 0 aliphatic heterocycles. The van der Waals surface area contributed by atoms with E-state index in [9.17, 15) is 13.2 Å². The van der Waals surface area contributed by atoms with Crippen LogP contribution in [0.5, 0.6) is 0 Å². The number of aromatic nitrogens is 2. The number of rotatable bonds is 8. The Morgan fingerprint density at radius 2 is 1.80 bits per heavy atom. The molecule has 9 heteroatoms. The molecule has 156 valence electrons. The zero-order valence-corrected chi connectivity index (χ0v) is 17.4. The Morgan fingerprint density at radius 3 is 2.43 bits per heavy atom. The van der Waals surface area contributed by atoms with E-state index >= 15 is 0 Å². The number of nitrogens with zero attached hydrogens (tertiary/aromatic N) is 3. The average Bonchev–Trinajstić information content (AvgIpc) is 3.66. The summed E-state index contributed by atoms with van der Waals surface area (Å²) in [5, 5.41) is 0.946. The van der Waals surface area contributed by atoms with Crippen molar-refractivity contribution in [3.05, 3.63) is 42.6 Å². The van der Waals surface area contributed by atoms with E-state index in [0.29, 0.717) is 17.2 Å². The number of hydrogen-bond acceptors (Lipinski definition) is 4. The zero-order valence-electron chi connectivity index (χ0n) is 16.6. The van der Waals surface area contributed by atoms with Gasteiger partial charge in [0.2, 0.25) is 6.41 Å². The molecular weight excluding hydrogens is 402 g/mol. The minimum Gasteiger partial charge on any atom is -0.346 e. The van der Waals surface area contributed by atoms with Gasteiger partial charge in [0.1, 0.15) is 11.5 Å². The summed E-state index contributed by atoms with van der Waals surface area (Å²) in [4.78, 5) is 21.0. The Labute approximate surface area is 175 Å². The second-order valence-corrected chi connectivity index (χ2v) is 9.67. The van der Waals surface area contributed by atoms with Crippen LogP contribution in [0.15, 0.2) is 42.6 Å². The highest BCUT2D eigenvalue weighted by atomic mass is 32.2. The quantitative estimate of drug-likeness (QED) is 0.542. The summed E-state index contributed by atoms with van der Waals surface area (Å²) in [5.74, 6) is 0.619. The van der Waals surface area contributed by atoms with Crippen LogP contribution in [0.4, 0.5) is 11.5 Å². The molecule has 5 rings (SSSR count). The van der Waals surface area contributed by atoms with E-state index in [4.69, 9.17) is 0 Å². The highest BCUT2D eigenvalue weighted by molar-refractivity contribution is 7.90. The third-order valence-corrected chi connectivity index (χ3v) is 7.27. The number of carbonyl (C=O) groups is 1. The maximum atomic E-state index is 12.5. The Kier molecular flexibility index (Phi) is 4.52. The van der Waals surface area contributed by atoms with E-state index in [-0.39, 0.29) is 12.1 Å². The van der Waals surface area contributed by atoms with Gasteiger partial charge in [-0.15, -0.1) is 0 Å². The molecule has 0 saturated heterocycles. The Hall–Kier alpha value is -2.91. The van der Waals surface area contributed by atoms with Crippen molar-refractivity contribution in [1.82, 2.24) is 14.3 Å². The summed E-state index contributed by atoms with van der Waals surface area (Å²) >= 11 is 0. The standard InChI is InChI=1S/C21H23N5O3S/c1-25(16-6-7-16)30(28,29)24-15-4-2-14(3-5-15)19-12-20(26(13-27)17-8-9-17)23-21-18(19)10-11-22-21/h2-5,10-13,16-17,24H,6-9H2,1H3,(H,22,23). The number of nitrogens with one attached hydrogen (secondary N) is 2. The lowest BCUT2D eigenvalue weighted by molar-refractivity contribution is -0.107. The van der Waals surface area contributed by atoms with Crippen LogP contribution in [0.25, 0.3) is 22.2 Å². The van der Waals surface area contributed by atoms with Gasteiger partial charge in [-0.3, -0.25) is 14.4 Å². The summed E-state index contributed by atoms with van der Waals surface area (Å²) in [6, 6.07) is 11.5. The lowest BCUT2D eigenvalue weighted by Crippen LogP contribution is -2.34. The predicted octanol–water partition coefficient (Wildman–Crippen LogP) is 3.11. The third-order valence-electron chi connectivity index (χ3n) is 5.72. The number of H-pyrrole nitrogens is 1. The summed E-state index contributed by atoms with van der Waals surface area (Å²) in [5.41, 5.74) is 3.08. The largest absolute Gasteiger partial charge is 0.346 e. The van der Waals surface area contributed by atoms with Crippen LogP contribution in [0, 0.1) is 0 Å². The molecule has 0 unspecified atom stereocenters. The molecule has 2 aromatic heterocycles. The van der Waals surface area contributed by atoms with Crippen LogP contribution in [-0.4, -0.2) is 48.2 Å². The van der Waals surface area contributed by atoms with E-state index in [0.717, 1.165) is 48.6 Å². The lowest BCUT2D eigenvalue weighted by Gasteiger charge is -2.18. The number of hydrogen-bond donors (Lipinski definition) is 2.